The number of tetrazole rings is 1. The van der Waals surface area contributed by atoms with Crippen molar-refractivity contribution < 1.29 is 4.79 Å². The van der Waals surface area contributed by atoms with E-state index in [1.165, 1.54) is 11.8 Å². The van der Waals surface area contributed by atoms with Crippen molar-refractivity contribution in [3.05, 3.63) is 48.8 Å². The maximum atomic E-state index is 12.8. The molecule has 0 saturated carbocycles. The maximum absolute atomic E-state index is 12.8. The Balaban J connectivity index is 1.53. The summed E-state index contributed by atoms with van der Waals surface area (Å²) in [5, 5.41) is 12.0. The number of pyridine rings is 1. The number of aromatic nitrogens is 7. The fourth-order valence-corrected chi connectivity index (χ4v) is 3.38. The van der Waals surface area contributed by atoms with Gasteiger partial charge in [-0.05, 0) is 28.5 Å². The van der Waals surface area contributed by atoms with E-state index >= 15 is 0 Å². The molecule has 3 rings (SSSR count). The Morgan fingerprint density at radius 3 is 2.93 bits per heavy atom. The molecule has 10 heteroatoms. The summed E-state index contributed by atoms with van der Waals surface area (Å²) in [5.41, 5.74) is 1.03. The summed E-state index contributed by atoms with van der Waals surface area (Å²) in [6.07, 6.45) is 10.3. The number of hydrogen-bond donors (Lipinski definition) is 0. The standard InChI is InChI=1S/C17H22N8OS/c1-23-17(20-21-22-23)27-11-5-16(26)25(13-15-4-2-6-18-12-15)9-3-8-24-10-7-19-14-24/h2,4,6-7,10,12,14H,3,5,8-9,11,13H2,1H3. The third kappa shape index (κ3) is 5.88. The smallest absolute Gasteiger partial charge is 0.223 e. The average Bonchev–Trinajstić information content (AvgIpc) is 3.34. The van der Waals surface area contributed by atoms with Crippen molar-refractivity contribution in [1.29, 1.82) is 0 Å². The quantitative estimate of drug-likeness (QED) is 0.486. The molecule has 0 saturated heterocycles. The van der Waals surface area contributed by atoms with Crippen LogP contribution in [0.3, 0.4) is 0 Å². The van der Waals surface area contributed by atoms with Crippen LogP contribution in [-0.2, 0) is 24.9 Å². The van der Waals surface area contributed by atoms with Gasteiger partial charge in [0.25, 0.3) is 0 Å². The van der Waals surface area contributed by atoms with Crippen molar-refractivity contribution in [2.45, 2.75) is 31.1 Å². The van der Waals surface area contributed by atoms with Crippen LogP contribution in [0.15, 0.2) is 48.4 Å². The second-order valence-electron chi connectivity index (χ2n) is 6.01. The van der Waals surface area contributed by atoms with Gasteiger partial charge in [0.2, 0.25) is 11.1 Å². The monoisotopic (exact) mass is 386 g/mol. The first kappa shape index (κ1) is 19.0. The van der Waals surface area contributed by atoms with Crippen LogP contribution in [0.2, 0.25) is 0 Å². The number of imidazole rings is 1. The van der Waals surface area contributed by atoms with Crippen molar-refractivity contribution in [2.75, 3.05) is 12.3 Å². The molecule has 142 valence electrons. The molecule has 3 aromatic heterocycles. The number of hydrogen-bond acceptors (Lipinski definition) is 7. The van der Waals surface area contributed by atoms with E-state index in [9.17, 15) is 4.79 Å². The number of nitrogens with zero attached hydrogens (tertiary/aromatic N) is 8. The highest BCUT2D eigenvalue weighted by molar-refractivity contribution is 7.99. The fraction of sp³-hybridized carbons (Fsp3) is 0.412. The lowest BCUT2D eigenvalue weighted by atomic mass is 10.2. The molecule has 0 aliphatic heterocycles. The van der Waals surface area contributed by atoms with Crippen molar-refractivity contribution in [1.82, 2.24) is 39.6 Å². The van der Waals surface area contributed by atoms with Crippen LogP contribution in [0.5, 0.6) is 0 Å². The normalized spacial score (nSPS) is 10.9. The molecule has 0 aromatic carbocycles. The SMILES string of the molecule is Cn1nnnc1SCCC(=O)N(CCCn1ccnc1)Cc1cccnc1. The predicted octanol–water partition coefficient (Wildman–Crippen LogP) is 1.40. The Kier molecular flexibility index (Phi) is 6.91. The molecule has 0 aliphatic carbocycles. The Labute approximate surface area is 161 Å². The van der Waals surface area contributed by atoms with Gasteiger partial charge in [0.05, 0.1) is 6.33 Å². The number of amides is 1. The summed E-state index contributed by atoms with van der Waals surface area (Å²) in [6.45, 7) is 2.07. The van der Waals surface area contributed by atoms with Crippen molar-refractivity contribution in [3.63, 3.8) is 0 Å². The lowest BCUT2D eigenvalue weighted by molar-refractivity contribution is -0.131. The third-order valence-corrected chi connectivity index (χ3v) is 4.99. The van der Waals surface area contributed by atoms with Crippen molar-refractivity contribution in [3.8, 4) is 0 Å². The van der Waals surface area contributed by atoms with Gasteiger partial charge in [-0.15, -0.1) is 5.10 Å². The summed E-state index contributed by atoms with van der Waals surface area (Å²) in [6, 6.07) is 3.88. The zero-order chi connectivity index (χ0) is 18.9. The van der Waals surface area contributed by atoms with Crippen molar-refractivity contribution >= 4 is 17.7 Å². The van der Waals surface area contributed by atoms with Crippen LogP contribution in [0.1, 0.15) is 18.4 Å². The zero-order valence-corrected chi connectivity index (χ0v) is 16.0. The van der Waals surface area contributed by atoms with Crippen LogP contribution in [0.4, 0.5) is 0 Å². The number of rotatable bonds is 10. The number of carbonyl (C=O) groups excluding carboxylic acids is 1. The van der Waals surface area contributed by atoms with Gasteiger partial charge in [-0.3, -0.25) is 9.78 Å². The molecule has 3 heterocycles. The maximum Gasteiger partial charge on any atom is 0.223 e. The third-order valence-electron chi connectivity index (χ3n) is 3.98. The molecule has 0 bridgehead atoms. The molecule has 0 fully saturated rings. The summed E-state index contributed by atoms with van der Waals surface area (Å²) in [5.74, 6) is 0.755. The second kappa shape index (κ2) is 9.81. The van der Waals surface area contributed by atoms with Gasteiger partial charge in [-0.2, -0.15) is 0 Å². The minimum Gasteiger partial charge on any atom is -0.338 e. The van der Waals surface area contributed by atoms with Gasteiger partial charge in [-0.1, -0.05) is 17.8 Å². The lowest BCUT2D eigenvalue weighted by Crippen LogP contribution is -2.32. The van der Waals surface area contributed by atoms with E-state index in [1.807, 2.05) is 27.8 Å². The van der Waals surface area contributed by atoms with E-state index in [-0.39, 0.29) is 5.91 Å². The average molecular weight is 386 g/mol. The minimum atomic E-state index is 0.118. The fourth-order valence-electron chi connectivity index (χ4n) is 2.60. The van der Waals surface area contributed by atoms with Crippen molar-refractivity contribution in [2.24, 2.45) is 7.05 Å². The summed E-state index contributed by atoms with van der Waals surface area (Å²) in [7, 11) is 1.79. The largest absolute Gasteiger partial charge is 0.338 e. The van der Waals surface area contributed by atoms with Crippen LogP contribution in [0.25, 0.3) is 0 Å². The molecule has 0 unspecified atom stereocenters. The number of carbonyl (C=O) groups is 1. The first-order valence-electron chi connectivity index (χ1n) is 8.70. The van der Waals surface area contributed by atoms with Gasteiger partial charge in [0.1, 0.15) is 0 Å². The molecule has 0 N–H and O–H groups in total. The summed E-state index contributed by atoms with van der Waals surface area (Å²) >= 11 is 1.48. The molecule has 0 radical (unpaired) electrons. The molecular formula is C17H22N8OS. The Morgan fingerprint density at radius 1 is 1.30 bits per heavy atom. The minimum absolute atomic E-state index is 0.118. The van der Waals surface area contributed by atoms with Crippen LogP contribution in [-0.4, -0.2) is 57.8 Å². The van der Waals surface area contributed by atoms with Gasteiger partial charge in [-0.25, -0.2) is 9.67 Å². The van der Waals surface area contributed by atoms with Crippen LogP contribution >= 0.6 is 11.8 Å². The highest BCUT2D eigenvalue weighted by Crippen LogP contribution is 2.15. The Morgan fingerprint density at radius 2 is 2.22 bits per heavy atom. The molecular weight excluding hydrogens is 364 g/mol. The molecule has 9 nitrogen and oxygen atoms in total. The van der Waals surface area contributed by atoms with E-state index in [0.717, 1.165) is 18.5 Å². The van der Waals surface area contributed by atoms with E-state index in [2.05, 4.69) is 25.5 Å². The molecule has 0 atom stereocenters. The van der Waals surface area contributed by atoms with E-state index < -0.39 is 0 Å². The number of aryl methyl sites for hydroxylation is 2. The molecule has 27 heavy (non-hydrogen) atoms. The van der Waals surface area contributed by atoms with Crippen LogP contribution < -0.4 is 0 Å². The van der Waals surface area contributed by atoms with Gasteiger partial charge >= 0.3 is 0 Å². The Hall–Kier alpha value is -2.75. The molecule has 1 amide bonds. The highest BCUT2D eigenvalue weighted by Gasteiger charge is 2.15. The molecule has 3 aromatic rings. The number of thioether (sulfide) groups is 1. The van der Waals surface area contributed by atoms with Gasteiger partial charge in [0, 0.05) is 63.6 Å². The van der Waals surface area contributed by atoms with E-state index in [0.29, 0.717) is 30.4 Å². The topological polar surface area (TPSA) is 94.6 Å². The Bertz CT molecular complexity index is 821. The summed E-state index contributed by atoms with van der Waals surface area (Å²) < 4.78 is 3.62. The van der Waals surface area contributed by atoms with Crippen LogP contribution in [0, 0.1) is 0 Å². The molecule has 0 aliphatic rings. The first-order chi connectivity index (χ1) is 13.2. The van der Waals surface area contributed by atoms with Gasteiger partial charge < -0.3 is 9.47 Å². The summed E-state index contributed by atoms with van der Waals surface area (Å²) in [4.78, 5) is 22.9. The first-order valence-corrected chi connectivity index (χ1v) is 9.68. The van der Waals surface area contributed by atoms with E-state index in [1.54, 1.807) is 36.6 Å². The predicted molar refractivity (Wildman–Crippen MR) is 101 cm³/mol. The van der Waals surface area contributed by atoms with Gasteiger partial charge in [0.15, 0.2) is 0 Å². The highest BCUT2D eigenvalue weighted by atomic mass is 32.2. The zero-order valence-electron chi connectivity index (χ0n) is 15.2. The second-order valence-corrected chi connectivity index (χ2v) is 7.08. The molecule has 0 spiro atoms. The lowest BCUT2D eigenvalue weighted by Gasteiger charge is -2.23. The van der Waals surface area contributed by atoms with E-state index in [4.69, 9.17) is 0 Å².